The van der Waals surface area contributed by atoms with E-state index in [0.29, 0.717) is 12.0 Å². The largest absolute Gasteiger partial charge is 0.358 e. The van der Waals surface area contributed by atoms with Crippen molar-refractivity contribution in [3.05, 3.63) is 16.3 Å². The third kappa shape index (κ3) is 1.43. The Morgan fingerprint density at radius 3 is 2.86 bits per heavy atom. The molecule has 0 saturated heterocycles. The summed E-state index contributed by atoms with van der Waals surface area (Å²) in [7, 11) is 1.64. The quantitative estimate of drug-likeness (QED) is 0.584. The second-order valence-electron chi connectivity index (χ2n) is 3.53. The molecule has 6 nitrogen and oxygen atoms in total. The van der Waals surface area contributed by atoms with Crippen molar-refractivity contribution in [2.45, 2.75) is 25.3 Å². The van der Waals surface area contributed by atoms with Crippen molar-refractivity contribution in [2.75, 3.05) is 5.32 Å². The minimum Gasteiger partial charge on any atom is -0.358 e. The van der Waals surface area contributed by atoms with Crippen LogP contribution in [0.5, 0.6) is 0 Å². The van der Waals surface area contributed by atoms with Crippen LogP contribution in [0, 0.1) is 10.1 Å². The van der Waals surface area contributed by atoms with Gasteiger partial charge in [0.05, 0.1) is 7.05 Å². The average molecular weight is 196 g/mol. The van der Waals surface area contributed by atoms with E-state index in [4.69, 9.17) is 0 Å². The van der Waals surface area contributed by atoms with E-state index in [0.717, 1.165) is 12.8 Å². The van der Waals surface area contributed by atoms with Gasteiger partial charge in [-0.25, -0.2) is 0 Å². The molecule has 2 rings (SSSR count). The Balaban J connectivity index is 2.13. The van der Waals surface area contributed by atoms with Gasteiger partial charge < -0.3 is 15.4 Å². The molecule has 1 heterocycles. The fourth-order valence-electron chi connectivity index (χ4n) is 1.44. The summed E-state index contributed by atoms with van der Waals surface area (Å²) >= 11 is 0. The van der Waals surface area contributed by atoms with E-state index in [1.165, 1.54) is 17.2 Å². The Kier molecular flexibility index (Phi) is 2.11. The summed E-state index contributed by atoms with van der Waals surface area (Å²) in [5.74, 6) is 0.605. The molecule has 0 amide bonds. The normalized spacial score (nSPS) is 16.4. The highest BCUT2D eigenvalue weighted by Gasteiger charge is 2.22. The topological polar surface area (TPSA) is 73.0 Å². The smallest absolute Gasteiger partial charge is 0.344 e. The molecule has 0 atom stereocenters. The number of nitrogens with one attached hydrogen (secondary N) is 1. The van der Waals surface area contributed by atoms with Gasteiger partial charge in [-0.1, -0.05) is 0 Å². The van der Waals surface area contributed by atoms with Crippen molar-refractivity contribution in [3.8, 4) is 0 Å². The maximum absolute atomic E-state index is 10.5. The Bertz CT molecular complexity index is 356. The molecule has 0 bridgehead atoms. The van der Waals surface area contributed by atoms with Crippen molar-refractivity contribution in [1.82, 2.24) is 9.55 Å². The van der Waals surface area contributed by atoms with E-state index in [9.17, 15) is 10.1 Å². The molecule has 14 heavy (non-hydrogen) atoms. The molecule has 1 N–H and O–H groups in total. The zero-order chi connectivity index (χ0) is 10.1. The van der Waals surface area contributed by atoms with Gasteiger partial charge >= 0.3 is 5.82 Å². The fourth-order valence-corrected chi connectivity index (χ4v) is 1.44. The maximum atomic E-state index is 10.5. The molecule has 1 fully saturated rings. The van der Waals surface area contributed by atoms with Gasteiger partial charge in [0.15, 0.2) is 0 Å². The van der Waals surface area contributed by atoms with Gasteiger partial charge in [0, 0.05) is 6.04 Å². The third-order valence-electron chi connectivity index (χ3n) is 2.59. The summed E-state index contributed by atoms with van der Waals surface area (Å²) in [5, 5.41) is 13.7. The van der Waals surface area contributed by atoms with Crippen molar-refractivity contribution in [2.24, 2.45) is 7.05 Å². The molecule has 1 aliphatic rings. The van der Waals surface area contributed by atoms with Crippen LogP contribution in [0.4, 0.5) is 11.8 Å². The first kappa shape index (κ1) is 8.98. The lowest BCUT2D eigenvalue weighted by atomic mass is 9.93. The highest BCUT2D eigenvalue weighted by molar-refractivity contribution is 5.36. The first-order valence-electron chi connectivity index (χ1n) is 4.61. The minimum absolute atomic E-state index is 0.0202. The minimum atomic E-state index is -0.432. The first-order valence-corrected chi connectivity index (χ1v) is 4.61. The SMILES string of the molecule is Cn1c([N+](=O)[O-])cnc1NC1CCC1. The number of hydrogen-bond acceptors (Lipinski definition) is 4. The zero-order valence-corrected chi connectivity index (χ0v) is 7.93. The zero-order valence-electron chi connectivity index (χ0n) is 7.93. The van der Waals surface area contributed by atoms with Gasteiger partial charge in [-0.15, -0.1) is 0 Å². The van der Waals surface area contributed by atoms with Crippen LogP contribution in [0.15, 0.2) is 6.20 Å². The lowest BCUT2D eigenvalue weighted by Crippen LogP contribution is -2.28. The van der Waals surface area contributed by atoms with Crippen LogP contribution in [0.25, 0.3) is 0 Å². The van der Waals surface area contributed by atoms with Crippen molar-refractivity contribution < 1.29 is 4.92 Å². The average Bonchev–Trinajstić information content (AvgIpc) is 2.40. The molecule has 1 aromatic rings. The predicted molar refractivity (Wildman–Crippen MR) is 51.1 cm³/mol. The van der Waals surface area contributed by atoms with E-state index < -0.39 is 4.92 Å². The summed E-state index contributed by atoms with van der Waals surface area (Å²) in [6.45, 7) is 0. The highest BCUT2D eigenvalue weighted by Crippen LogP contribution is 2.24. The Morgan fingerprint density at radius 2 is 2.43 bits per heavy atom. The Labute approximate surface area is 81.1 Å². The van der Waals surface area contributed by atoms with Crippen LogP contribution in [-0.4, -0.2) is 20.5 Å². The molecule has 76 valence electrons. The molecule has 6 heteroatoms. The van der Waals surface area contributed by atoms with Gasteiger partial charge in [0.2, 0.25) is 0 Å². The van der Waals surface area contributed by atoms with Crippen LogP contribution < -0.4 is 5.32 Å². The fraction of sp³-hybridized carbons (Fsp3) is 0.625. The van der Waals surface area contributed by atoms with Gasteiger partial charge in [0.1, 0.15) is 6.20 Å². The molecular weight excluding hydrogens is 184 g/mol. The molecule has 0 aromatic carbocycles. The summed E-state index contributed by atoms with van der Waals surface area (Å²) < 4.78 is 1.47. The molecule has 0 radical (unpaired) electrons. The van der Waals surface area contributed by atoms with E-state index in [-0.39, 0.29) is 5.82 Å². The molecule has 0 spiro atoms. The summed E-state index contributed by atoms with van der Waals surface area (Å²) in [5.41, 5.74) is 0. The van der Waals surface area contributed by atoms with E-state index in [1.807, 2.05) is 0 Å². The molecule has 0 aliphatic heterocycles. The molecule has 1 saturated carbocycles. The van der Waals surface area contributed by atoms with E-state index >= 15 is 0 Å². The summed E-state index contributed by atoms with van der Waals surface area (Å²) in [6, 6.07) is 0.440. The van der Waals surface area contributed by atoms with Gasteiger partial charge in [0.25, 0.3) is 5.95 Å². The van der Waals surface area contributed by atoms with Crippen molar-refractivity contribution >= 4 is 11.8 Å². The first-order chi connectivity index (χ1) is 6.68. The van der Waals surface area contributed by atoms with Crippen LogP contribution in [0.2, 0.25) is 0 Å². The van der Waals surface area contributed by atoms with Gasteiger partial charge in [-0.05, 0) is 24.2 Å². The van der Waals surface area contributed by atoms with Crippen molar-refractivity contribution in [1.29, 1.82) is 0 Å². The Hall–Kier alpha value is -1.59. The number of anilines is 1. The van der Waals surface area contributed by atoms with Crippen molar-refractivity contribution in [3.63, 3.8) is 0 Å². The predicted octanol–water partition coefficient (Wildman–Crippen LogP) is 1.29. The lowest BCUT2D eigenvalue weighted by molar-refractivity contribution is -0.391. The highest BCUT2D eigenvalue weighted by atomic mass is 16.6. The van der Waals surface area contributed by atoms with Crippen LogP contribution in [-0.2, 0) is 7.05 Å². The Morgan fingerprint density at radius 1 is 1.71 bits per heavy atom. The molecule has 1 aliphatic carbocycles. The lowest BCUT2D eigenvalue weighted by Gasteiger charge is -2.25. The second-order valence-corrected chi connectivity index (χ2v) is 3.53. The molecular formula is C8H12N4O2. The van der Waals surface area contributed by atoms with Crippen LogP contribution in [0.1, 0.15) is 19.3 Å². The maximum Gasteiger partial charge on any atom is 0.344 e. The van der Waals surface area contributed by atoms with Gasteiger partial charge in [-0.2, -0.15) is 9.55 Å². The number of nitrogens with zero attached hydrogens (tertiary/aromatic N) is 3. The molecule has 0 unspecified atom stereocenters. The van der Waals surface area contributed by atoms with Crippen LogP contribution >= 0.6 is 0 Å². The van der Waals surface area contributed by atoms with Crippen LogP contribution in [0.3, 0.4) is 0 Å². The number of hydrogen-bond donors (Lipinski definition) is 1. The summed E-state index contributed by atoms with van der Waals surface area (Å²) in [6.07, 6.45) is 4.76. The monoisotopic (exact) mass is 196 g/mol. The van der Waals surface area contributed by atoms with Gasteiger partial charge in [-0.3, -0.25) is 0 Å². The summed E-state index contributed by atoms with van der Waals surface area (Å²) in [4.78, 5) is 14.1. The third-order valence-corrected chi connectivity index (χ3v) is 2.59. The second kappa shape index (κ2) is 3.28. The number of nitro groups is 1. The number of rotatable bonds is 3. The number of imidazole rings is 1. The standard InChI is InChI=1S/C8H12N4O2/c1-11-7(12(13)14)5-9-8(11)10-6-3-2-4-6/h5-6H,2-4H2,1H3,(H,9,10). The number of aromatic nitrogens is 2. The van der Waals surface area contributed by atoms with E-state index in [2.05, 4.69) is 10.3 Å². The molecule has 1 aromatic heterocycles. The van der Waals surface area contributed by atoms with E-state index in [1.54, 1.807) is 7.05 Å².